The molecule has 3 fully saturated rings. The Labute approximate surface area is 203 Å². The quantitative estimate of drug-likeness (QED) is 0.607. The van der Waals surface area contributed by atoms with Crippen molar-refractivity contribution >= 4 is 40.2 Å². The van der Waals surface area contributed by atoms with Crippen LogP contribution in [0.2, 0.25) is 5.02 Å². The Kier molecular flexibility index (Phi) is 5.98. The van der Waals surface area contributed by atoms with Crippen LogP contribution in [0.3, 0.4) is 0 Å². The minimum Gasteiger partial charge on any atom is -0.356 e. The number of nitrogens with one attached hydrogen (secondary N) is 3. The number of piperidine rings is 1. The normalized spacial score (nSPS) is 24.4. The first-order valence-corrected chi connectivity index (χ1v) is 12.3. The van der Waals surface area contributed by atoms with Crippen LogP contribution in [-0.4, -0.2) is 52.8 Å². The molecular weight excluding hydrogens is 454 g/mol. The zero-order valence-electron chi connectivity index (χ0n) is 18.9. The molecule has 2 aliphatic heterocycles. The van der Waals surface area contributed by atoms with E-state index in [1.165, 1.54) is 0 Å². The number of nitriles is 1. The maximum atomic E-state index is 13.5. The van der Waals surface area contributed by atoms with E-state index in [2.05, 4.69) is 21.7 Å². The predicted molar refractivity (Wildman–Crippen MR) is 127 cm³/mol. The Hall–Kier alpha value is -3.05. The van der Waals surface area contributed by atoms with E-state index >= 15 is 0 Å². The largest absolute Gasteiger partial charge is 0.356 e. The number of hydrogen-bond acceptors (Lipinski definition) is 4. The third-order valence-corrected chi connectivity index (χ3v) is 8.05. The fraction of sp³-hybridized carbons (Fsp3) is 0.520. The number of fused-ring (bicyclic) bond motifs is 1. The van der Waals surface area contributed by atoms with Gasteiger partial charge in [0, 0.05) is 34.9 Å². The van der Waals surface area contributed by atoms with Crippen LogP contribution in [0.1, 0.15) is 55.4 Å². The van der Waals surface area contributed by atoms with Gasteiger partial charge in [-0.2, -0.15) is 5.26 Å². The van der Waals surface area contributed by atoms with Crippen molar-refractivity contribution in [3.05, 3.63) is 35.0 Å². The molecule has 1 saturated carbocycles. The summed E-state index contributed by atoms with van der Waals surface area (Å²) < 4.78 is 0. The summed E-state index contributed by atoms with van der Waals surface area (Å²) in [6, 6.07) is 7.90. The van der Waals surface area contributed by atoms with Crippen molar-refractivity contribution in [1.82, 2.24) is 20.5 Å². The summed E-state index contributed by atoms with van der Waals surface area (Å²) >= 11 is 6.29. The van der Waals surface area contributed by atoms with E-state index in [9.17, 15) is 19.6 Å². The van der Waals surface area contributed by atoms with Crippen molar-refractivity contribution < 1.29 is 14.4 Å². The summed E-state index contributed by atoms with van der Waals surface area (Å²) in [6.45, 7) is 1.17. The van der Waals surface area contributed by atoms with Gasteiger partial charge in [-0.05, 0) is 62.1 Å². The SMILES string of the molecule is N#C[C@H](C[C@@H]1CCCNC1=O)NC(=O)C1CC2(CCC2)CN1C(=O)c1cc2c(Cl)cccc2[nH]1. The molecule has 3 aliphatic rings. The fourth-order valence-electron chi connectivity index (χ4n) is 5.69. The molecule has 3 amide bonds. The number of likely N-dealkylation sites (tertiary alicyclic amines) is 1. The van der Waals surface area contributed by atoms with E-state index in [4.69, 9.17) is 11.6 Å². The van der Waals surface area contributed by atoms with E-state index in [1.54, 1.807) is 17.0 Å². The lowest BCUT2D eigenvalue weighted by Crippen LogP contribution is -2.49. The molecule has 2 aromatic rings. The van der Waals surface area contributed by atoms with Crippen LogP contribution in [-0.2, 0) is 9.59 Å². The summed E-state index contributed by atoms with van der Waals surface area (Å²) in [5.74, 6) is -0.913. The van der Waals surface area contributed by atoms with Gasteiger partial charge in [0.15, 0.2) is 0 Å². The molecule has 1 unspecified atom stereocenters. The van der Waals surface area contributed by atoms with Gasteiger partial charge in [-0.15, -0.1) is 0 Å². The Morgan fingerprint density at radius 1 is 1.32 bits per heavy atom. The molecule has 3 N–H and O–H groups in total. The van der Waals surface area contributed by atoms with Crippen LogP contribution >= 0.6 is 11.6 Å². The van der Waals surface area contributed by atoms with Gasteiger partial charge in [0.2, 0.25) is 11.8 Å². The smallest absolute Gasteiger partial charge is 0.271 e. The third kappa shape index (κ3) is 4.14. The molecule has 3 heterocycles. The molecule has 8 nitrogen and oxygen atoms in total. The molecule has 178 valence electrons. The molecule has 2 saturated heterocycles. The van der Waals surface area contributed by atoms with Crippen LogP contribution in [0.25, 0.3) is 10.9 Å². The number of benzene rings is 1. The van der Waals surface area contributed by atoms with Gasteiger partial charge < -0.3 is 20.5 Å². The first kappa shape index (κ1) is 22.7. The number of carbonyl (C=O) groups excluding carboxylic acids is 3. The zero-order valence-corrected chi connectivity index (χ0v) is 19.7. The number of nitrogens with zero attached hydrogens (tertiary/aromatic N) is 2. The second kappa shape index (κ2) is 8.95. The Morgan fingerprint density at radius 2 is 2.15 bits per heavy atom. The second-order valence-corrected chi connectivity index (χ2v) is 10.4. The molecule has 34 heavy (non-hydrogen) atoms. The molecule has 0 bridgehead atoms. The monoisotopic (exact) mass is 481 g/mol. The van der Waals surface area contributed by atoms with Crippen LogP contribution in [0.15, 0.2) is 24.3 Å². The summed E-state index contributed by atoms with van der Waals surface area (Å²) in [5, 5.41) is 16.6. The molecule has 5 rings (SSSR count). The molecule has 3 atom stereocenters. The number of carbonyl (C=O) groups is 3. The summed E-state index contributed by atoms with van der Waals surface area (Å²) in [6.07, 6.45) is 5.51. The number of amides is 3. The lowest BCUT2D eigenvalue weighted by atomic mass is 9.67. The molecule has 9 heteroatoms. The van der Waals surface area contributed by atoms with Gasteiger partial charge in [-0.25, -0.2) is 0 Å². The summed E-state index contributed by atoms with van der Waals surface area (Å²) in [4.78, 5) is 43.8. The Balaban J connectivity index is 1.34. The Bertz CT molecular complexity index is 1180. The van der Waals surface area contributed by atoms with Gasteiger partial charge >= 0.3 is 0 Å². The summed E-state index contributed by atoms with van der Waals surface area (Å²) in [7, 11) is 0. The van der Waals surface area contributed by atoms with Crippen LogP contribution in [0.4, 0.5) is 0 Å². The third-order valence-electron chi connectivity index (χ3n) is 7.72. The maximum absolute atomic E-state index is 13.5. The zero-order chi connectivity index (χ0) is 23.9. The lowest BCUT2D eigenvalue weighted by Gasteiger charge is -2.37. The molecule has 1 aromatic heterocycles. The van der Waals surface area contributed by atoms with Crippen molar-refractivity contribution in [3.8, 4) is 6.07 Å². The van der Waals surface area contributed by atoms with Gasteiger partial charge in [-0.1, -0.05) is 24.1 Å². The highest BCUT2D eigenvalue weighted by Gasteiger charge is 2.52. The van der Waals surface area contributed by atoms with Crippen LogP contribution in [0, 0.1) is 22.7 Å². The van der Waals surface area contributed by atoms with Crippen molar-refractivity contribution in [2.45, 2.75) is 57.0 Å². The predicted octanol–water partition coefficient (Wildman–Crippen LogP) is 3.13. The molecule has 1 aromatic carbocycles. The maximum Gasteiger partial charge on any atom is 0.271 e. The minimum absolute atomic E-state index is 0.0350. The first-order valence-electron chi connectivity index (χ1n) is 11.9. The number of hydrogen-bond donors (Lipinski definition) is 3. The fourth-order valence-corrected chi connectivity index (χ4v) is 5.92. The van der Waals surface area contributed by atoms with E-state index in [0.717, 1.165) is 36.6 Å². The van der Waals surface area contributed by atoms with Crippen molar-refractivity contribution in [2.24, 2.45) is 11.3 Å². The summed E-state index contributed by atoms with van der Waals surface area (Å²) in [5.41, 5.74) is 1.13. The lowest BCUT2D eigenvalue weighted by molar-refractivity contribution is -0.128. The molecule has 0 radical (unpaired) electrons. The van der Waals surface area contributed by atoms with Crippen molar-refractivity contribution in [3.63, 3.8) is 0 Å². The molecule has 1 aliphatic carbocycles. The van der Waals surface area contributed by atoms with E-state index in [1.807, 2.05) is 12.1 Å². The van der Waals surface area contributed by atoms with Gasteiger partial charge in [0.25, 0.3) is 5.91 Å². The second-order valence-electron chi connectivity index (χ2n) is 9.95. The van der Waals surface area contributed by atoms with Gasteiger partial charge in [0.1, 0.15) is 17.8 Å². The highest BCUT2D eigenvalue weighted by molar-refractivity contribution is 6.35. The van der Waals surface area contributed by atoms with Crippen LogP contribution < -0.4 is 10.6 Å². The molecular formula is C25H28ClN5O3. The van der Waals surface area contributed by atoms with Crippen LogP contribution in [0.5, 0.6) is 0 Å². The number of rotatable bonds is 5. The number of halogens is 1. The highest BCUT2D eigenvalue weighted by atomic mass is 35.5. The van der Waals surface area contributed by atoms with Gasteiger partial charge in [-0.3, -0.25) is 14.4 Å². The number of aromatic nitrogens is 1. The highest BCUT2D eigenvalue weighted by Crippen LogP contribution is 2.50. The Morgan fingerprint density at radius 3 is 2.82 bits per heavy atom. The average Bonchev–Trinajstić information content (AvgIpc) is 3.43. The first-order chi connectivity index (χ1) is 16.4. The van der Waals surface area contributed by atoms with Gasteiger partial charge in [0.05, 0.1) is 6.07 Å². The molecule has 1 spiro atoms. The standard InChI is InChI=1S/C25H28ClN5O3/c26-18-5-1-6-19-17(18)11-20(30-19)24(34)31-14-25(7-3-8-25)12-21(31)23(33)29-16(13-27)10-15-4-2-9-28-22(15)32/h1,5-6,11,15-16,21,30H,2-4,7-10,12,14H2,(H,28,32)(H,29,33)/t15-,16-,21?/m0/s1. The number of H-pyrrole nitrogens is 1. The van der Waals surface area contributed by atoms with E-state index in [-0.39, 0.29) is 35.5 Å². The minimum atomic E-state index is -0.775. The van der Waals surface area contributed by atoms with E-state index in [0.29, 0.717) is 36.6 Å². The van der Waals surface area contributed by atoms with Crippen molar-refractivity contribution in [1.29, 1.82) is 5.26 Å². The van der Waals surface area contributed by atoms with Crippen molar-refractivity contribution in [2.75, 3.05) is 13.1 Å². The average molecular weight is 482 g/mol. The van der Waals surface area contributed by atoms with E-state index < -0.39 is 12.1 Å². The number of aromatic amines is 1. The topological polar surface area (TPSA) is 118 Å².